The lowest BCUT2D eigenvalue weighted by molar-refractivity contribution is -0.111. The fraction of sp³-hybridized carbons (Fsp3) is 0. The van der Waals surface area contributed by atoms with Crippen molar-refractivity contribution in [2.45, 2.75) is 0 Å². The SMILES string of the molecule is O=C1C(=O)c2cccc(O)c2C(O)=C1Cl. The smallest absolute Gasteiger partial charge is 0.248 e. The number of allylic oxidation sites excluding steroid dienone is 1. The minimum Gasteiger partial charge on any atom is -0.507 e. The Kier molecular flexibility index (Phi) is 2.01. The Bertz CT molecular complexity index is 516. The van der Waals surface area contributed by atoms with Crippen LogP contribution in [-0.4, -0.2) is 21.8 Å². The third-order valence-corrected chi connectivity index (χ3v) is 2.49. The Hall–Kier alpha value is -1.81. The summed E-state index contributed by atoms with van der Waals surface area (Å²) in [7, 11) is 0. The second-order valence-corrected chi connectivity index (χ2v) is 3.40. The Labute approximate surface area is 89.4 Å². The van der Waals surface area contributed by atoms with Crippen molar-refractivity contribution >= 4 is 28.9 Å². The molecule has 4 nitrogen and oxygen atoms in total. The number of halogens is 1. The first kappa shape index (κ1) is 9.73. The van der Waals surface area contributed by atoms with Crippen LogP contribution in [0, 0.1) is 0 Å². The molecule has 0 atom stereocenters. The molecule has 0 spiro atoms. The molecule has 5 heteroatoms. The van der Waals surface area contributed by atoms with E-state index in [-0.39, 0.29) is 16.9 Å². The molecule has 2 N–H and O–H groups in total. The molecule has 0 aliphatic heterocycles. The van der Waals surface area contributed by atoms with Gasteiger partial charge in [-0.05, 0) is 12.1 Å². The number of aliphatic hydroxyl groups excluding tert-OH is 1. The monoisotopic (exact) mass is 224 g/mol. The number of benzene rings is 1. The summed E-state index contributed by atoms with van der Waals surface area (Å²) in [5.41, 5.74) is -0.131. The molecule has 0 saturated carbocycles. The average molecular weight is 225 g/mol. The van der Waals surface area contributed by atoms with E-state index in [2.05, 4.69) is 0 Å². The molecule has 1 aromatic rings. The molecule has 0 aromatic heterocycles. The number of rotatable bonds is 0. The van der Waals surface area contributed by atoms with Crippen LogP contribution in [0.5, 0.6) is 5.75 Å². The molecule has 76 valence electrons. The first-order chi connectivity index (χ1) is 7.04. The highest BCUT2D eigenvalue weighted by molar-refractivity contribution is 6.64. The van der Waals surface area contributed by atoms with Gasteiger partial charge in [0.25, 0.3) is 0 Å². The van der Waals surface area contributed by atoms with Gasteiger partial charge in [-0.15, -0.1) is 0 Å². The van der Waals surface area contributed by atoms with Crippen LogP contribution in [0.1, 0.15) is 15.9 Å². The molecule has 2 rings (SSSR count). The minimum absolute atomic E-state index is 0.0399. The Morgan fingerprint density at radius 3 is 2.40 bits per heavy atom. The number of carbonyl (C=O) groups excluding carboxylic acids is 2. The van der Waals surface area contributed by atoms with Crippen LogP contribution in [0.4, 0.5) is 0 Å². The summed E-state index contributed by atoms with van der Waals surface area (Å²) in [6.45, 7) is 0. The van der Waals surface area contributed by atoms with Gasteiger partial charge in [-0.1, -0.05) is 17.7 Å². The number of phenols is 1. The quantitative estimate of drug-likeness (QED) is 0.657. The molecule has 1 aliphatic rings. The molecule has 0 unspecified atom stereocenters. The van der Waals surface area contributed by atoms with Gasteiger partial charge in [0.15, 0.2) is 0 Å². The van der Waals surface area contributed by atoms with Gasteiger partial charge in [-0.3, -0.25) is 9.59 Å². The van der Waals surface area contributed by atoms with Gasteiger partial charge >= 0.3 is 0 Å². The summed E-state index contributed by atoms with van der Waals surface area (Å²) in [5, 5.41) is 18.4. The third kappa shape index (κ3) is 1.22. The van der Waals surface area contributed by atoms with Crippen LogP contribution in [0.25, 0.3) is 5.76 Å². The average Bonchev–Trinajstić information content (AvgIpc) is 2.23. The van der Waals surface area contributed by atoms with E-state index >= 15 is 0 Å². The van der Waals surface area contributed by atoms with Crippen LogP contribution in [0.2, 0.25) is 0 Å². The molecule has 1 aromatic carbocycles. The second kappa shape index (κ2) is 3.10. The third-order valence-electron chi connectivity index (χ3n) is 2.14. The fourth-order valence-electron chi connectivity index (χ4n) is 1.42. The van der Waals surface area contributed by atoms with Gasteiger partial charge in [0.1, 0.15) is 16.5 Å². The van der Waals surface area contributed by atoms with Crippen LogP contribution < -0.4 is 0 Å². The van der Waals surface area contributed by atoms with E-state index in [0.717, 1.165) is 0 Å². The zero-order valence-corrected chi connectivity index (χ0v) is 8.08. The number of ketones is 2. The number of carbonyl (C=O) groups is 2. The van der Waals surface area contributed by atoms with E-state index in [1.165, 1.54) is 18.2 Å². The Balaban J connectivity index is 2.84. The standard InChI is InChI=1S/C10H5ClO4/c11-7-9(14)6-4(8(13)10(7)15)2-1-3-5(6)12/h1-3,12,14H. The normalized spacial score (nSPS) is 15.5. The van der Waals surface area contributed by atoms with Crippen molar-refractivity contribution in [2.24, 2.45) is 0 Å². The lowest BCUT2D eigenvalue weighted by Crippen LogP contribution is -2.21. The lowest BCUT2D eigenvalue weighted by Gasteiger charge is -2.14. The van der Waals surface area contributed by atoms with E-state index in [0.29, 0.717) is 0 Å². The van der Waals surface area contributed by atoms with Crippen molar-refractivity contribution < 1.29 is 19.8 Å². The predicted molar refractivity (Wildman–Crippen MR) is 52.8 cm³/mol. The zero-order chi connectivity index (χ0) is 11.2. The van der Waals surface area contributed by atoms with Gasteiger partial charge in [0, 0.05) is 5.56 Å². The summed E-state index contributed by atoms with van der Waals surface area (Å²) < 4.78 is 0. The minimum atomic E-state index is -0.965. The van der Waals surface area contributed by atoms with Crippen LogP contribution in [0.15, 0.2) is 23.2 Å². The molecule has 0 saturated heterocycles. The predicted octanol–water partition coefficient (Wildman–Crippen LogP) is 1.62. The van der Waals surface area contributed by atoms with E-state index in [1.54, 1.807) is 0 Å². The maximum Gasteiger partial charge on any atom is 0.248 e. The van der Waals surface area contributed by atoms with E-state index in [4.69, 9.17) is 11.6 Å². The zero-order valence-electron chi connectivity index (χ0n) is 7.32. The number of aliphatic hydroxyl groups is 1. The molecule has 15 heavy (non-hydrogen) atoms. The Morgan fingerprint density at radius 1 is 1.07 bits per heavy atom. The maximum absolute atomic E-state index is 11.4. The number of Topliss-reactive ketones (excluding diaryl/α,β-unsaturated/α-hetero) is 2. The van der Waals surface area contributed by atoms with E-state index < -0.39 is 22.4 Å². The molecule has 0 amide bonds. The van der Waals surface area contributed by atoms with Crippen LogP contribution >= 0.6 is 11.6 Å². The first-order valence-electron chi connectivity index (χ1n) is 4.04. The number of phenolic OH excluding ortho intramolecular Hbond substituents is 1. The number of aromatic hydroxyl groups is 1. The molecule has 0 heterocycles. The maximum atomic E-state index is 11.4. The lowest BCUT2D eigenvalue weighted by atomic mass is 9.93. The number of hydrogen-bond acceptors (Lipinski definition) is 4. The Morgan fingerprint density at radius 2 is 1.73 bits per heavy atom. The van der Waals surface area contributed by atoms with Gasteiger partial charge in [-0.2, -0.15) is 0 Å². The number of fused-ring (bicyclic) bond motifs is 1. The van der Waals surface area contributed by atoms with Crippen molar-refractivity contribution in [1.82, 2.24) is 0 Å². The van der Waals surface area contributed by atoms with Crippen molar-refractivity contribution in [3.8, 4) is 5.75 Å². The largest absolute Gasteiger partial charge is 0.507 e. The molecule has 1 aliphatic carbocycles. The van der Waals surface area contributed by atoms with Crippen molar-refractivity contribution in [3.05, 3.63) is 34.4 Å². The highest BCUT2D eigenvalue weighted by atomic mass is 35.5. The summed E-state index contributed by atoms with van der Waals surface area (Å²) in [5.74, 6) is -2.64. The van der Waals surface area contributed by atoms with Crippen LogP contribution in [-0.2, 0) is 4.79 Å². The topological polar surface area (TPSA) is 74.6 Å². The van der Waals surface area contributed by atoms with Gasteiger partial charge in [-0.25, -0.2) is 0 Å². The first-order valence-corrected chi connectivity index (χ1v) is 4.42. The van der Waals surface area contributed by atoms with Crippen molar-refractivity contribution in [3.63, 3.8) is 0 Å². The summed E-state index contributed by atoms with van der Waals surface area (Å²) in [6.07, 6.45) is 0. The highest BCUT2D eigenvalue weighted by Gasteiger charge is 2.33. The fourth-order valence-corrected chi connectivity index (χ4v) is 1.60. The molecule has 0 fully saturated rings. The van der Waals surface area contributed by atoms with E-state index in [9.17, 15) is 19.8 Å². The number of hydrogen-bond donors (Lipinski definition) is 2. The molecular weight excluding hydrogens is 220 g/mol. The second-order valence-electron chi connectivity index (χ2n) is 3.02. The molecule has 0 radical (unpaired) electrons. The van der Waals surface area contributed by atoms with Gasteiger partial charge < -0.3 is 10.2 Å². The van der Waals surface area contributed by atoms with Gasteiger partial charge in [0.2, 0.25) is 11.6 Å². The molecular formula is C10H5ClO4. The molecule has 0 bridgehead atoms. The highest BCUT2D eigenvalue weighted by Crippen LogP contribution is 2.35. The van der Waals surface area contributed by atoms with Crippen molar-refractivity contribution in [2.75, 3.05) is 0 Å². The summed E-state index contributed by atoms with van der Waals surface area (Å²) in [6, 6.07) is 4.04. The van der Waals surface area contributed by atoms with E-state index in [1.807, 2.05) is 0 Å². The van der Waals surface area contributed by atoms with Crippen molar-refractivity contribution in [1.29, 1.82) is 0 Å². The summed E-state index contributed by atoms with van der Waals surface area (Å²) in [4.78, 5) is 22.7. The van der Waals surface area contributed by atoms with Gasteiger partial charge in [0.05, 0.1) is 5.56 Å². The van der Waals surface area contributed by atoms with Crippen LogP contribution in [0.3, 0.4) is 0 Å². The summed E-state index contributed by atoms with van der Waals surface area (Å²) >= 11 is 5.46.